The fourth-order valence-corrected chi connectivity index (χ4v) is 1.32. The van der Waals surface area contributed by atoms with E-state index in [1.165, 1.54) is 6.08 Å². The molecule has 0 saturated heterocycles. The van der Waals surface area contributed by atoms with E-state index >= 15 is 0 Å². The van der Waals surface area contributed by atoms with E-state index in [-0.39, 0.29) is 6.61 Å². The lowest BCUT2D eigenvalue weighted by Crippen LogP contribution is -2.23. The fourth-order valence-electron chi connectivity index (χ4n) is 1.32. The summed E-state index contributed by atoms with van der Waals surface area (Å²) in [5.74, 6) is -0.491. The highest BCUT2D eigenvalue weighted by Crippen LogP contribution is 2.07. The van der Waals surface area contributed by atoms with E-state index in [0.717, 1.165) is 5.56 Å². The lowest BCUT2D eigenvalue weighted by atomic mass is 10.1. The molecular weight excluding hydrogens is 206 g/mol. The molecule has 0 aliphatic rings. The minimum Gasteiger partial charge on any atom is -0.464 e. The topological polar surface area (TPSA) is 55.7 Å². The molecule has 4 nitrogen and oxygen atoms in total. The summed E-state index contributed by atoms with van der Waals surface area (Å²) in [4.78, 5) is 25.1. The monoisotopic (exact) mass is 219 g/mol. The van der Waals surface area contributed by atoms with Crippen molar-refractivity contribution in [3.63, 3.8) is 0 Å². The molecule has 0 radical (unpaired) electrons. The Hall–Kier alpha value is -1.93. The summed E-state index contributed by atoms with van der Waals surface area (Å²) in [5.41, 5.74) is 0.930. The zero-order valence-electron chi connectivity index (χ0n) is 9.05. The third-order valence-electron chi connectivity index (χ3n) is 2.04. The second kappa shape index (κ2) is 6.53. The van der Waals surface area contributed by atoms with Gasteiger partial charge < -0.3 is 4.74 Å². The lowest BCUT2D eigenvalue weighted by molar-refractivity contribution is -0.144. The SMILES string of the molecule is CCOC(=O)C(Cc1ccccc1)N=C=O. The van der Waals surface area contributed by atoms with Crippen molar-refractivity contribution in [3.05, 3.63) is 35.9 Å². The van der Waals surface area contributed by atoms with E-state index in [4.69, 9.17) is 4.74 Å². The summed E-state index contributed by atoms with van der Waals surface area (Å²) in [6, 6.07) is 8.55. The number of aliphatic imine (C=N–C) groups is 1. The van der Waals surface area contributed by atoms with Gasteiger partial charge in [-0.2, -0.15) is 4.99 Å². The molecule has 1 aromatic carbocycles. The second-order valence-electron chi connectivity index (χ2n) is 3.18. The predicted octanol–water partition coefficient (Wildman–Crippen LogP) is 1.50. The molecule has 0 N–H and O–H groups in total. The summed E-state index contributed by atoms with van der Waals surface area (Å²) < 4.78 is 4.82. The number of hydrogen-bond donors (Lipinski definition) is 0. The van der Waals surface area contributed by atoms with Crippen LogP contribution in [0.15, 0.2) is 35.3 Å². The number of hydrogen-bond acceptors (Lipinski definition) is 4. The molecule has 84 valence electrons. The first-order chi connectivity index (χ1) is 7.77. The van der Waals surface area contributed by atoms with Crippen molar-refractivity contribution in [2.24, 2.45) is 4.99 Å². The smallest absolute Gasteiger partial charge is 0.332 e. The predicted molar refractivity (Wildman–Crippen MR) is 58.7 cm³/mol. The average molecular weight is 219 g/mol. The van der Waals surface area contributed by atoms with Gasteiger partial charge in [-0.3, -0.25) is 0 Å². The molecule has 4 heteroatoms. The molecule has 0 aromatic heterocycles. The Morgan fingerprint density at radius 1 is 1.44 bits per heavy atom. The van der Waals surface area contributed by atoms with E-state index in [1.807, 2.05) is 30.3 Å². The average Bonchev–Trinajstić information content (AvgIpc) is 2.30. The van der Waals surface area contributed by atoms with Crippen molar-refractivity contribution in [1.82, 2.24) is 0 Å². The Morgan fingerprint density at radius 2 is 2.12 bits per heavy atom. The van der Waals surface area contributed by atoms with Crippen LogP contribution < -0.4 is 0 Å². The van der Waals surface area contributed by atoms with Gasteiger partial charge in [-0.15, -0.1) is 0 Å². The van der Waals surface area contributed by atoms with Gasteiger partial charge in [-0.1, -0.05) is 30.3 Å². The molecule has 1 unspecified atom stereocenters. The number of ether oxygens (including phenoxy) is 1. The van der Waals surface area contributed by atoms with E-state index in [2.05, 4.69) is 4.99 Å². The summed E-state index contributed by atoms with van der Waals surface area (Å²) in [6.45, 7) is 1.99. The van der Waals surface area contributed by atoms with Gasteiger partial charge in [0.15, 0.2) is 6.04 Å². The summed E-state index contributed by atoms with van der Waals surface area (Å²) >= 11 is 0. The maximum Gasteiger partial charge on any atom is 0.332 e. The molecule has 1 atom stereocenters. The third-order valence-corrected chi connectivity index (χ3v) is 2.04. The number of nitrogens with zero attached hydrogens (tertiary/aromatic N) is 1. The first kappa shape index (κ1) is 12.1. The Bertz CT molecular complexity index is 383. The normalized spacial score (nSPS) is 11.3. The Labute approximate surface area is 94.0 Å². The molecule has 0 amide bonds. The molecule has 0 heterocycles. The zero-order chi connectivity index (χ0) is 11.8. The van der Waals surface area contributed by atoms with Gasteiger partial charge in [0, 0.05) is 6.42 Å². The number of carbonyl (C=O) groups is 1. The van der Waals surface area contributed by atoms with Crippen molar-refractivity contribution in [2.45, 2.75) is 19.4 Å². The maximum absolute atomic E-state index is 11.4. The van der Waals surface area contributed by atoms with Gasteiger partial charge in [0.25, 0.3) is 0 Å². The van der Waals surface area contributed by atoms with Gasteiger partial charge >= 0.3 is 5.97 Å². The van der Waals surface area contributed by atoms with Gasteiger partial charge in [-0.25, -0.2) is 9.59 Å². The summed E-state index contributed by atoms with van der Waals surface area (Å²) in [6.07, 6.45) is 1.76. The molecule has 16 heavy (non-hydrogen) atoms. The quantitative estimate of drug-likeness (QED) is 0.428. The molecule has 0 saturated carbocycles. The summed E-state index contributed by atoms with van der Waals surface area (Å²) in [7, 11) is 0. The first-order valence-corrected chi connectivity index (χ1v) is 5.05. The van der Waals surface area contributed by atoms with Crippen LogP contribution in [-0.2, 0) is 20.7 Å². The minimum absolute atomic E-state index is 0.276. The van der Waals surface area contributed by atoms with E-state index < -0.39 is 12.0 Å². The van der Waals surface area contributed by atoms with Crippen LogP contribution in [0.1, 0.15) is 12.5 Å². The minimum atomic E-state index is -0.792. The Morgan fingerprint density at radius 3 is 2.69 bits per heavy atom. The fraction of sp³-hybridized carbons (Fsp3) is 0.333. The van der Waals surface area contributed by atoms with Crippen LogP contribution in [0.4, 0.5) is 0 Å². The third kappa shape index (κ3) is 3.67. The van der Waals surface area contributed by atoms with Gasteiger partial charge in [0.1, 0.15) is 0 Å². The number of benzene rings is 1. The highest BCUT2D eigenvalue weighted by Gasteiger charge is 2.19. The van der Waals surface area contributed by atoms with E-state index in [0.29, 0.717) is 6.42 Å². The second-order valence-corrected chi connectivity index (χ2v) is 3.18. The van der Waals surface area contributed by atoms with Crippen molar-refractivity contribution >= 4 is 12.0 Å². The highest BCUT2D eigenvalue weighted by atomic mass is 16.5. The largest absolute Gasteiger partial charge is 0.464 e. The van der Waals surface area contributed by atoms with Crippen molar-refractivity contribution in [2.75, 3.05) is 6.61 Å². The van der Waals surface area contributed by atoms with Crippen molar-refractivity contribution in [3.8, 4) is 0 Å². The van der Waals surface area contributed by atoms with Crippen LogP contribution >= 0.6 is 0 Å². The zero-order valence-corrected chi connectivity index (χ0v) is 9.05. The maximum atomic E-state index is 11.4. The molecule has 0 aliphatic carbocycles. The van der Waals surface area contributed by atoms with Gasteiger partial charge in [-0.05, 0) is 12.5 Å². The van der Waals surface area contributed by atoms with Crippen LogP contribution in [0.3, 0.4) is 0 Å². The lowest BCUT2D eigenvalue weighted by Gasteiger charge is -2.09. The summed E-state index contributed by atoms with van der Waals surface area (Å²) in [5, 5.41) is 0. The number of rotatable bonds is 5. The van der Waals surface area contributed by atoms with E-state index in [9.17, 15) is 9.59 Å². The van der Waals surface area contributed by atoms with Crippen LogP contribution in [0.2, 0.25) is 0 Å². The molecule has 1 aromatic rings. The van der Waals surface area contributed by atoms with Crippen LogP contribution in [-0.4, -0.2) is 24.7 Å². The first-order valence-electron chi connectivity index (χ1n) is 5.05. The number of isocyanates is 1. The molecule has 1 rings (SSSR count). The molecular formula is C12H13NO3. The van der Waals surface area contributed by atoms with Crippen LogP contribution in [0.25, 0.3) is 0 Å². The van der Waals surface area contributed by atoms with Gasteiger partial charge in [0.05, 0.1) is 6.61 Å². The standard InChI is InChI=1S/C12H13NO3/c1-2-16-12(15)11(13-9-14)8-10-6-4-3-5-7-10/h3-7,11H,2,8H2,1H3. The van der Waals surface area contributed by atoms with Crippen molar-refractivity contribution in [1.29, 1.82) is 0 Å². The van der Waals surface area contributed by atoms with Gasteiger partial charge in [0.2, 0.25) is 6.08 Å². The molecule has 0 aliphatic heterocycles. The van der Waals surface area contributed by atoms with Crippen molar-refractivity contribution < 1.29 is 14.3 Å². The molecule has 0 fully saturated rings. The molecule has 0 bridgehead atoms. The number of carbonyl (C=O) groups excluding carboxylic acids is 2. The van der Waals surface area contributed by atoms with Crippen LogP contribution in [0.5, 0.6) is 0 Å². The Kier molecular flexibility index (Phi) is 4.96. The number of esters is 1. The highest BCUT2D eigenvalue weighted by molar-refractivity contribution is 5.77. The Balaban J connectivity index is 2.72. The molecule has 0 spiro atoms. The van der Waals surface area contributed by atoms with E-state index in [1.54, 1.807) is 6.92 Å². The van der Waals surface area contributed by atoms with Crippen LogP contribution in [0, 0.1) is 0 Å².